The van der Waals surface area contributed by atoms with E-state index in [4.69, 9.17) is 0 Å². The number of hydrogen-bond donors (Lipinski definition) is 1. The van der Waals surface area contributed by atoms with E-state index in [0.29, 0.717) is 11.3 Å². The van der Waals surface area contributed by atoms with Gasteiger partial charge in [0.15, 0.2) is 0 Å². The highest BCUT2D eigenvalue weighted by atomic mass is 32.2. The Hall–Kier alpha value is 0.110. The van der Waals surface area contributed by atoms with Crippen molar-refractivity contribution in [2.75, 3.05) is 12.3 Å². The van der Waals surface area contributed by atoms with Gasteiger partial charge in [-0.05, 0) is 38.6 Å². The zero-order chi connectivity index (χ0) is 11.8. The third-order valence-electron chi connectivity index (χ3n) is 3.39. The van der Waals surface area contributed by atoms with Crippen LogP contribution < -0.4 is 5.32 Å². The maximum absolute atomic E-state index is 12.0. The highest BCUT2D eigenvalue weighted by Gasteiger charge is 2.27. The van der Waals surface area contributed by atoms with E-state index < -0.39 is 10.8 Å². The molecule has 0 aromatic heterocycles. The minimum absolute atomic E-state index is 0.478. The highest BCUT2D eigenvalue weighted by molar-refractivity contribution is 7.85. The van der Waals surface area contributed by atoms with E-state index in [1.165, 1.54) is 32.1 Å². The molecule has 0 spiro atoms. The quantitative estimate of drug-likeness (QED) is 0.666. The summed E-state index contributed by atoms with van der Waals surface area (Å²) in [5.41, 5.74) is 0. The van der Waals surface area contributed by atoms with Gasteiger partial charge in [0.2, 0.25) is 0 Å². The van der Waals surface area contributed by atoms with Crippen molar-refractivity contribution in [3.8, 4) is 0 Å². The second-order valence-corrected chi connectivity index (χ2v) is 6.71. The normalized spacial score (nSPS) is 27.1. The van der Waals surface area contributed by atoms with Gasteiger partial charge in [-0.25, -0.2) is 0 Å². The van der Waals surface area contributed by atoms with Gasteiger partial charge in [0.1, 0.15) is 0 Å². The van der Waals surface area contributed by atoms with Crippen LogP contribution in [-0.2, 0) is 10.8 Å². The Kier molecular flexibility index (Phi) is 7.30. The third-order valence-corrected chi connectivity index (χ3v) is 5.25. The predicted octanol–water partition coefficient (Wildman–Crippen LogP) is 2.85. The standard InChI is InChI=1S/C13H27NOS/c1-3-5-6-10-16(15)13-8-7-12(11-13)14-9-4-2/h12-14H,3-11H2,1-2H3. The zero-order valence-corrected chi connectivity index (χ0v) is 11.7. The van der Waals surface area contributed by atoms with Crippen LogP contribution in [0.15, 0.2) is 0 Å². The molecule has 3 unspecified atom stereocenters. The molecular weight excluding hydrogens is 218 g/mol. The molecule has 0 saturated heterocycles. The SMILES string of the molecule is CCCCCS(=O)C1CCC(NCCC)C1. The summed E-state index contributed by atoms with van der Waals surface area (Å²) in [6.45, 7) is 5.51. The van der Waals surface area contributed by atoms with Gasteiger partial charge >= 0.3 is 0 Å². The van der Waals surface area contributed by atoms with Gasteiger partial charge in [0, 0.05) is 27.8 Å². The van der Waals surface area contributed by atoms with E-state index in [2.05, 4.69) is 19.2 Å². The van der Waals surface area contributed by atoms with Crippen LogP contribution in [0.2, 0.25) is 0 Å². The summed E-state index contributed by atoms with van der Waals surface area (Å²) in [6.07, 6.45) is 8.33. The summed E-state index contributed by atoms with van der Waals surface area (Å²) in [5.74, 6) is 0.930. The molecule has 2 nitrogen and oxygen atoms in total. The van der Waals surface area contributed by atoms with E-state index >= 15 is 0 Å². The first-order valence-electron chi connectivity index (χ1n) is 6.88. The molecule has 0 aromatic carbocycles. The highest BCUT2D eigenvalue weighted by Crippen LogP contribution is 2.24. The minimum atomic E-state index is -0.563. The van der Waals surface area contributed by atoms with Crippen molar-refractivity contribution in [2.24, 2.45) is 0 Å². The van der Waals surface area contributed by atoms with Crippen LogP contribution in [-0.4, -0.2) is 27.8 Å². The van der Waals surface area contributed by atoms with Crippen molar-refractivity contribution < 1.29 is 4.21 Å². The molecule has 0 amide bonds. The molecule has 1 N–H and O–H groups in total. The average molecular weight is 245 g/mol. The van der Waals surface area contributed by atoms with Crippen molar-refractivity contribution in [1.29, 1.82) is 0 Å². The maximum Gasteiger partial charge on any atom is 0.0363 e. The molecule has 0 bridgehead atoms. The van der Waals surface area contributed by atoms with Crippen LogP contribution in [0.4, 0.5) is 0 Å². The molecular formula is C13H27NOS. The smallest absolute Gasteiger partial charge is 0.0363 e. The van der Waals surface area contributed by atoms with Crippen LogP contribution in [0, 0.1) is 0 Å². The lowest BCUT2D eigenvalue weighted by molar-refractivity contribution is 0.523. The molecule has 0 heterocycles. The van der Waals surface area contributed by atoms with Gasteiger partial charge in [0.25, 0.3) is 0 Å². The Balaban J connectivity index is 2.16. The molecule has 3 heteroatoms. The van der Waals surface area contributed by atoms with Gasteiger partial charge in [-0.1, -0.05) is 26.7 Å². The minimum Gasteiger partial charge on any atom is -0.314 e. The first-order valence-corrected chi connectivity index (χ1v) is 8.26. The van der Waals surface area contributed by atoms with E-state index in [1.54, 1.807) is 0 Å². The van der Waals surface area contributed by atoms with Gasteiger partial charge in [0.05, 0.1) is 0 Å². The van der Waals surface area contributed by atoms with Crippen molar-refractivity contribution in [1.82, 2.24) is 5.32 Å². The summed E-state index contributed by atoms with van der Waals surface area (Å²) >= 11 is 0. The molecule has 0 aliphatic heterocycles. The van der Waals surface area contributed by atoms with E-state index in [-0.39, 0.29) is 0 Å². The van der Waals surface area contributed by atoms with Crippen molar-refractivity contribution >= 4 is 10.8 Å². The number of hydrogen-bond acceptors (Lipinski definition) is 2. The third kappa shape index (κ3) is 4.96. The van der Waals surface area contributed by atoms with Crippen LogP contribution in [0.25, 0.3) is 0 Å². The average Bonchev–Trinajstić information content (AvgIpc) is 2.75. The maximum atomic E-state index is 12.0. The summed E-state index contributed by atoms with van der Waals surface area (Å²) in [5, 5.41) is 4.03. The van der Waals surface area contributed by atoms with E-state index in [1.807, 2.05) is 0 Å². The molecule has 0 aromatic rings. The van der Waals surface area contributed by atoms with E-state index in [0.717, 1.165) is 25.1 Å². The fourth-order valence-electron chi connectivity index (χ4n) is 2.37. The molecule has 1 aliphatic carbocycles. The Bertz CT molecular complexity index is 208. The number of unbranched alkanes of at least 4 members (excludes halogenated alkanes) is 2. The van der Waals surface area contributed by atoms with Crippen molar-refractivity contribution in [2.45, 2.75) is 70.1 Å². The molecule has 96 valence electrons. The molecule has 3 atom stereocenters. The van der Waals surface area contributed by atoms with Crippen molar-refractivity contribution in [3.05, 3.63) is 0 Å². The molecule has 16 heavy (non-hydrogen) atoms. The zero-order valence-electron chi connectivity index (χ0n) is 10.8. The second kappa shape index (κ2) is 8.24. The summed E-state index contributed by atoms with van der Waals surface area (Å²) < 4.78 is 12.0. The van der Waals surface area contributed by atoms with E-state index in [9.17, 15) is 4.21 Å². The van der Waals surface area contributed by atoms with Crippen LogP contribution in [0.3, 0.4) is 0 Å². The lowest BCUT2D eigenvalue weighted by Crippen LogP contribution is -2.28. The first kappa shape index (κ1) is 14.2. The molecule has 1 aliphatic rings. The van der Waals surface area contributed by atoms with Crippen LogP contribution in [0.1, 0.15) is 58.8 Å². The van der Waals surface area contributed by atoms with Gasteiger partial charge < -0.3 is 5.32 Å². The van der Waals surface area contributed by atoms with Crippen molar-refractivity contribution in [3.63, 3.8) is 0 Å². The van der Waals surface area contributed by atoms with Gasteiger partial charge in [-0.2, -0.15) is 0 Å². The number of nitrogens with one attached hydrogen (secondary N) is 1. The largest absolute Gasteiger partial charge is 0.314 e. The summed E-state index contributed by atoms with van der Waals surface area (Å²) in [4.78, 5) is 0. The van der Waals surface area contributed by atoms with Crippen LogP contribution in [0.5, 0.6) is 0 Å². The number of rotatable bonds is 8. The van der Waals surface area contributed by atoms with Gasteiger partial charge in [-0.3, -0.25) is 4.21 Å². The Morgan fingerprint density at radius 1 is 1.19 bits per heavy atom. The summed E-state index contributed by atoms with van der Waals surface area (Å²) in [7, 11) is -0.563. The molecule has 1 rings (SSSR count). The summed E-state index contributed by atoms with van der Waals surface area (Å²) in [6, 6.07) is 0.639. The van der Waals surface area contributed by atoms with Crippen LogP contribution >= 0.6 is 0 Å². The first-order chi connectivity index (χ1) is 7.77. The molecule has 1 fully saturated rings. The lowest BCUT2D eigenvalue weighted by Gasteiger charge is -2.12. The topological polar surface area (TPSA) is 29.1 Å². The van der Waals surface area contributed by atoms with Gasteiger partial charge in [-0.15, -0.1) is 0 Å². The fourth-order valence-corrected chi connectivity index (χ4v) is 4.04. The monoisotopic (exact) mass is 245 g/mol. The lowest BCUT2D eigenvalue weighted by atomic mass is 10.2. The Morgan fingerprint density at radius 3 is 2.69 bits per heavy atom. The molecule has 0 radical (unpaired) electrons. The Morgan fingerprint density at radius 2 is 2.00 bits per heavy atom. The fraction of sp³-hybridized carbons (Fsp3) is 1.00. The Labute approximate surface area is 103 Å². The second-order valence-electron chi connectivity index (χ2n) is 4.88. The molecule has 1 saturated carbocycles. The predicted molar refractivity (Wildman–Crippen MR) is 72.3 cm³/mol.